The molecule has 0 unspecified atom stereocenters. The number of rotatable bonds is 5. The summed E-state index contributed by atoms with van der Waals surface area (Å²) in [7, 11) is 0. The summed E-state index contributed by atoms with van der Waals surface area (Å²) in [4.78, 5) is 55.2. The van der Waals surface area contributed by atoms with Gasteiger partial charge in [-0.15, -0.1) is 0 Å². The zero-order chi connectivity index (χ0) is 28.2. The fraction of sp³-hybridized carbons (Fsp3) is 0.214. The topological polar surface area (TPSA) is 84.0 Å². The van der Waals surface area contributed by atoms with Crippen molar-refractivity contribution in [2.45, 2.75) is 26.3 Å². The molecule has 200 valence electrons. The summed E-state index contributed by atoms with van der Waals surface area (Å²) in [6, 6.07) is 14.2. The molecule has 2 aliphatic rings. The molecule has 3 amide bonds. The number of carbonyl (C=O) groups is 4. The third-order valence-electron chi connectivity index (χ3n) is 6.97. The number of likely N-dealkylation sites (tertiary alicyclic amines) is 1. The molecule has 7 nitrogen and oxygen atoms in total. The Morgan fingerprint density at radius 1 is 0.897 bits per heavy atom. The number of hydrogen-bond donors (Lipinski definition) is 0. The third kappa shape index (κ3) is 4.92. The first-order valence-electron chi connectivity index (χ1n) is 11.9. The minimum atomic E-state index is -0.591. The van der Waals surface area contributed by atoms with Crippen molar-refractivity contribution in [1.29, 1.82) is 0 Å². The first-order valence-corrected chi connectivity index (χ1v) is 15.1. The van der Waals surface area contributed by atoms with Gasteiger partial charge in [-0.3, -0.25) is 19.2 Å². The average molecular weight is 784 g/mol. The smallest absolute Gasteiger partial charge is 0.316 e. The molecule has 2 aliphatic heterocycles. The fourth-order valence-electron chi connectivity index (χ4n) is 4.89. The van der Waals surface area contributed by atoms with Gasteiger partial charge in [0, 0.05) is 30.9 Å². The summed E-state index contributed by atoms with van der Waals surface area (Å²) in [5.74, 6) is -1.86. The quantitative estimate of drug-likeness (QED) is 0.0889. The Balaban J connectivity index is 1.33. The van der Waals surface area contributed by atoms with Crippen LogP contribution in [0.15, 0.2) is 66.4 Å². The van der Waals surface area contributed by atoms with Crippen molar-refractivity contribution in [3.63, 3.8) is 0 Å². The van der Waals surface area contributed by atoms with Crippen molar-refractivity contribution in [3.05, 3.63) is 88.7 Å². The number of carbonyl (C=O) groups excluding carboxylic acids is 4. The van der Waals surface area contributed by atoms with Crippen molar-refractivity contribution < 1.29 is 23.9 Å². The van der Waals surface area contributed by atoms with Crippen LogP contribution >= 0.6 is 63.7 Å². The van der Waals surface area contributed by atoms with E-state index < -0.39 is 23.7 Å². The van der Waals surface area contributed by atoms with Crippen molar-refractivity contribution in [2.24, 2.45) is 5.92 Å². The minimum absolute atomic E-state index is 0.0803. The van der Waals surface area contributed by atoms with Crippen LogP contribution in [0.3, 0.4) is 0 Å². The number of esters is 1. The van der Waals surface area contributed by atoms with Gasteiger partial charge in [-0.25, -0.2) is 4.90 Å². The molecular formula is C28H20Br4N2O5. The largest absolute Gasteiger partial charge is 0.426 e. The lowest BCUT2D eigenvalue weighted by Gasteiger charge is -2.25. The number of anilines is 1. The Kier molecular flexibility index (Phi) is 7.89. The number of benzene rings is 3. The molecule has 3 aromatic carbocycles. The van der Waals surface area contributed by atoms with Gasteiger partial charge in [0.2, 0.25) is 5.91 Å². The monoisotopic (exact) mass is 780 g/mol. The predicted octanol–water partition coefficient (Wildman–Crippen LogP) is 7.36. The molecule has 1 fully saturated rings. The summed E-state index contributed by atoms with van der Waals surface area (Å²) < 4.78 is 7.79. The SMILES string of the molecule is Cc1cc(OC(=O)[C@H]2CC(=O)N([C@@H](C)c3ccccc3)C2)ccc1N1C(=O)c2c(Br)c(Br)c(Br)c(Br)c2C1=O. The molecule has 0 aromatic heterocycles. The van der Waals surface area contributed by atoms with Crippen LogP contribution < -0.4 is 9.64 Å². The van der Waals surface area contributed by atoms with Gasteiger partial charge in [0.05, 0.1) is 28.8 Å². The van der Waals surface area contributed by atoms with E-state index in [1.54, 1.807) is 30.0 Å². The highest BCUT2D eigenvalue weighted by Crippen LogP contribution is 2.46. The maximum Gasteiger partial charge on any atom is 0.316 e. The van der Waals surface area contributed by atoms with Crippen LogP contribution in [-0.4, -0.2) is 35.1 Å². The lowest BCUT2D eigenvalue weighted by atomic mass is 10.1. The third-order valence-corrected chi connectivity index (χ3v) is 11.7. The first kappa shape index (κ1) is 28.2. The van der Waals surface area contributed by atoms with Gasteiger partial charge in [0.15, 0.2) is 0 Å². The maximum atomic E-state index is 13.3. The molecule has 0 spiro atoms. The number of aryl methyl sites for hydroxylation is 1. The maximum absolute atomic E-state index is 13.3. The molecule has 2 atom stereocenters. The molecule has 0 saturated carbocycles. The Morgan fingerprint density at radius 3 is 2.05 bits per heavy atom. The van der Waals surface area contributed by atoms with Crippen molar-refractivity contribution in [1.82, 2.24) is 4.90 Å². The number of nitrogens with zero attached hydrogens (tertiary/aromatic N) is 2. The van der Waals surface area contributed by atoms with E-state index in [4.69, 9.17) is 4.74 Å². The fourth-order valence-corrected chi connectivity index (χ4v) is 7.34. The Hall–Kier alpha value is -2.34. The molecule has 1 saturated heterocycles. The van der Waals surface area contributed by atoms with E-state index in [0.29, 0.717) is 29.1 Å². The molecule has 0 bridgehead atoms. The molecular weight excluding hydrogens is 764 g/mol. The van der Waals surface area contributed by atoms with Crippen LogP contribution in [0.4, 0.5) is 5.69 Å². The molecule has 39 heavy (non-hydrogen) atoms. The van der Waals surface area contributed by atoms with E-state index in [-0.39, 0.29) is 41.8 Å². The molecule has 2 heterocycles. The van der Waals surface area contributed by atoms with E-state index in [1.165, 1.54) is 0 Å². The Labute approximate surface area is 258 Å². The molecule has 5 rings (SSSR count). The van der Waals surface area contributed by atoms with Crippen LogP contribution in [0.1, 0.15) is 51.2 Å². The zero-order valence-electron chi connectivity index (χ0n) is 20.6. The van der Waals surface area contributed by atoms with Crippen LogP contribution in [0, 0.1) is 12.8 Å². The van der Waals surface area contributed by atoms with Crippen LogP contribution in [-0.2, 0) is 9.59 Å². The van der Waals surface area contributed by atoms with E-state index in [0.717, 1.165) is 10.5 Å². The second-order valence-electron chi connectivity index (χ2n) is 9.35. The van der Waals surface area contributed by atoms with Gasteiger partial charge in [-0.2, -0.15) is 0 Å². The van der Waals surface area contributed by atoms with Gasteiger partial charge in [0.1, 0.15) is 5.75 Å². The Morgan fingerprint density at radius 2 is 1.49 bits per heavy atom. The van der Waals surface area contributed by atoms with Crippen molar-refractivity contribution in [3.8, 4) is 5.75 Å². The number of fused-ring (bicyclic) bond motifs is 1. The molecule has 0 aliphatic carbocycles. The standard InChI is InChI=1S/C28H20Br4N2O5/c1-13-10-17(39-28(38)16-11-19(35)33(12-16)14(2)15-6-4-3-5-7-15)8-9-18(13)34-26(36)20-21(27(34)37)23(30)25(32)24(31)22(20)29/h3-10,14,16H,11-12H2,1-2H3/t14-,16-/m0/s1. The summed E-state index contributed by atoms with van der Waals surface area (Å²) in [6.45, 7) is 3.94. The van der Waals surface area contributed by atoms with E-state index in [9.17, 15) is 19.2 Å². The molecule has 0 N–H and O–H groups in total. The van der Waals surface area contributed by atoms with Gasteiger partial charge < -0.3 is 9.64 Å². The molecule has 3 aromatic rings. The van der Waals surface area contributed by atoms with Gasteiger partial charge >= 0.3 is 5.97 Å². The zero-order valence-corrected chi connectivity index (χ0v) is 27.0. The number of imide groups is 1. The van der Waals surface area contributed by atoms with Crippen LogP contribution in [0.2, 0.25) is 0 Å². The highest BCUT2D eigenvalue weighted by molar-refractivity contribution is 9.15. The normalized spacial score (nSPS) is 17.6. The predicted molar refractivity (Wildman–Crippen MR) is 160 cm³/mol. The summed E-state index contributed by atoms with van der Waals surface area (Å²) in [6.07, 6.45) is 0.0803. The minimum Gasteiger partial charge on any atom is -0.426 e. The summed E-state index contributed by atoms with van der Waals surface area (Å²) in [5, 5.41) is 0. The van der Waals surface area contributed by atoms with E-state index in [1.807, 2.05) is 37.3 Å². The van der Waals surface area contributed by atoms with Crippen LogP contribution in [0.5, 0.6) is 5.75 Å². The highest BCUT2D eigenvalue weighted by Gasteiger charge is 2.42. The first-order chi connectivity index (χ1) is 18.5. The number of ether oxygens (including phenoxy) is 1. The number of hydrogen-bond acceptors (Lipinski definition) is 5. The van der Waals surface area contributed by atoms with Crippen LogP contribution in [0.25, 0.3) is 0 Å². The molecule has 0 radical (unpaired) electrons. The lowest BCUT2D eigenvalue weighted by molar-refractivity contribution is -0.139. The second-order valence-corrected chi connectivity index (χ2v) is 12.5. The highest BCUT2D eigenvalue weighted by atomic mass is 79.9. The van der Waals surface area contributed by atoms with Gasteiger partial charge in [0.25, 0.3) is 11.8 Å². The summed E-state index contributed by atoms with van der Waals surface area (Å²) >= 11 is 13.7. The second kappa shape index (κ2) is 10.9. The van der Waals surface area contributed by atoms with Gasteiger partial charge in [-0.1, -0.05) is 30.3 Å². The Bertz CT molecular complexity index is 1510. The molecule has 11 heteroatoms. The van der Waals surface area contributed by atoms with Crippen molar-refractivity contribution >= 4 is 93.1 Å². The van der Waals surface area contributed by atoms with Crippen molar-refractivity contribution in [2.75, 3.05) is 11.4 Å². The van der Waals surface area contributed by atoms with Gasteiger partial charge in [-0.05, 0) is 107 Å². The lowest BCUT2D eigenvalue weighted by Crippen LogP contribution is -2.30. The summed E-state index contributed by atoms with van der Waals surface area (Å²) in [5.41, 5.74) is 2.44. The number of amides is 3. The van der Waals surface area contributed by atoms with E-state index in [2.05, 4.69) is 63.7 Å². The average Bonchev–Trinajstić information content (AvgIpc) is 3.43. The van der Waals surface area contributed by atoms with E-state index >= 15 is 0 Å². The number of halogens is 4.